The predicted molar refractivity (Wildman–Crippen MR) is 128 cm³/mol. The molecule has 0 bridgehead atoms. The SMILES string of the molecule is CCNC(=O)[C@@H](C)N(Cc1ccc(C)cc1)C(=O)CN(c1ccc(Cl)cc1C)S(C)(=O)=O. The molecule has 2 amide bonds. The van der Waals surface area contributed by atoms with E-state index in [4.69, 9.17) is 11.6 Å². The van der Waals surface area contributed by atoms with Crippen LogP contribution in [0.15, 0.2) is 42.5 Å². The zero-order valence-electron chi connectivity index (χ0n) is 19.1. The summed E-state index contributed by atoms with van der Waals surface area (Å²) in [4.78, 5) is 27.3. The molecule has 2 aromatic carbocycles. The fourth-order valence-corrected chi connectivity index (χ4v) is 4.42. The molecule has 174 valence electrons. The van der Waals surface area contributed by atoms with E-state index in [-0.39, 0.29) is 12.5 Å². The van der Waals surface area contributed by atoms with Crippen LogP contribution >= 0.6 is 11.6 Å². The zero-order valence-corrected chi connectivity index (χ0v) is 20.6. The molecule has 0 radical (unpaired) electrons. The average molecular weight is 480 g/mol. The Bertz CT molecular complexity index is 1070. The van der Waals surface area contributed by atoms with Crippen LogP contribution in [-0.4, -0.2) is 50.5 Å². The number of carbonyl (C=O) groups is 2. The van der Waals surface area contributed by atoms with E-state index in [0.29, 0.717) is 22.8 Å². The van der Waals surface area contributed by atoms with E-state index in [1.807, 2.05) is 31.2 Å². The highest BCUT2D eigenvalue weighted by molar-refractivity contribution is 7.92. The van der Waals surface area contributed by atoms with Gasteiger partial charge in [0, 0.05) is 18.1 Å². The largest absolute Gasteiger partial charge is 0.355 e. The summed E-state index contributed by atoms with van der Waals surface area (Å²) < 4.78 is 26.2. The Morgan fingerprint density at radius 3 is 2.25 bits per heavy atom. The lowest BCUT2D eigenvalue weighted by Gasteiger charge is -2.32. The van der Waals surface area contributed by atoms with Crippen LogP contribution in [0.25, 0.3) is 0 Å². The smallest absolute Gasteiger partial charge is 0.244 e. The van der Waals surface area contributed by atoms with Crippen LogP contribution in [0.5, 0.6) is 0 Å². The van der Waals surface area contributed by atoms with Gasteiger partial charge in [-0.1, -0.05) is 41.4 Å². The maximum Gasteiger partial charge on any atom is 0.244 e. The lowest BCUT2D eigenvalue weighted by Crippen LogP contribution is -2.51. The molecule has 1 N–H and O–H groups in total. The number of nitrogens with one attached hydrogen (secondary N) is 1. The van der Waals surface area contributed by atoms with Crippen molar-refractivity contribution in [3.05, 3.63) is 64.2 Å². The van der Waals surface area contributed by atoms with E-state index in [2.05, 4.69) is 5.32 Å². The lowest BCUT2D eigenvalue weighted by molar-refractivity contribution is -0.139. The molecule has 0 aliphatic carbocycles. The van der Waals surface area contributed by atoms with Crippen LogP contribution in [0.2, 0.25) is 5.02 Å². The number of likely N-dealkylation sites (N-methyl/N-ethyl adjacent to an activating group) is 1. The van der Waals surface area contributed by atoms with Crippen LogP contribution < -0.4 is 9.62 Å². The van der Waals surface area contributed by atoms with Gasteiger partial charge in [0.25, 0.3) is 0 Å². The summed E-state index contributed by atoms with van der Waals surface area (Å²) in [7, 11) is -3.77. The summed E-state index contributed by atoms with van der Waals surface area (Å²) in [5.74, 6) is -0.786. The van der Waals surface area contributed by atoms with Crippen LogP contribution in [0.4, 0.5) is 5.69 Å². The molecule has 0 saturated heterocycles. The Morgan fingerprint density at radius 2 is 1.72 bits per heavy atom. The second-order valence-electron chi connectivity index (χ2n) is 7.78. The Morgan fingerprint density at radius 1 is 1.09 bits per heavy atom. The number of hydrogen-bond acceptors (Lipinski definition) is 4. The molecule has 0 fully saturated rings. The van der Waals surface area contributed by atoms with E-state index < -0.39 is 28.5 Å². The topological polar surface area (TPSA) is 86.8 Å². The third-order valence-electron chi connectivity index (χ3n) is 5.10. The molecule has 0 aliphatic heterocycles. The molecule has 2 aromatic rings. The summed E-state index contributed by atoms with van der Waals surface area (Å²) in [6.07, 6.45) is 1.05. The molecule has 9 heteroatoms. The number of nitrogens with zero attached hydrogens (tertiary/aromatic N) is 2. The number of carbonyl (C=O) groups excluding carboxylic acids is 2. The number of amides is 2. The van der Waals surface area contributed by atoms with E-state index in [9.17, 15) is 18.0 Å². The maximum absolute atomic E-state index is 13.4. The first kappa shape index (κ1) is 25.7. The van der Waals surface area contributed by atoms with Crippen LogP contribution in [0.1, 0.15) is 30.5 Å². The van der Waals surface area contributed by atoms with Gasteiger partial charge >= 0.3 is 0 Å². The molecular weight excluding hydrogens is 450 g/mol. The van der Waals surface area contributed by atoms with Gasteiger partial charge in [-0.2, -0.15) is 0 Å². The number of aryl methyl sites for hydroxylation is 2. The number of rotatable bonds is 9. The molecule has 0 saturated carbocycles. The van der Waals surface area contributed by atoms with E-state index >= 15 is 0 Å². The predicted octanol–water partition coefficient (Wildman–Crippen LogP) is 3.28. The van der Waals surface area contributed by atoms with Gasteiger partial charge in [0.1, 0.15) is 12.6 Å². The third kappa shape index (κ3) is 6.71. The van der Waals surface area contributed by atoms with Gasteiger partial charge in [-0.3, -0.25) is 13.9 Å². The van der Waals surface area contributed by atoms with Gasteiger partial charge < -0.3 is 10.2 Å². The van der Waals surface area contributed by atoms with Gasteiger partial charge in [-0.15, -0.1) is 0 Å². The minimum Gasteiger partial charge on any atom is -0.355 e. The number of halogens is 1. The summed E-state index contributed by atoms with van der Waals surface area (Å²) in [6, 6.07) is 11.6. The van der Waals surface area contributed by atoms with Gasteiger partial charge in [0.05, 0.1) is 11.9 Å². The summed E-state index contributed by atoms with van der Waals surface area (Å²) in [5.41, 5.74) is 2.90. The van der Waals surface area contributed by atoms with Gasteiger partial charge in [0.2, 0.25) is 21.8 Å². The summed E-state index contributed by atoms with van der Waals surface area (Å²) >= 11 is 6.01. The fourth-order valence-electron chi connectivity index (χ4n) is 3.29. The van der Waals surface area contributed by atoms with Crippen molar-refractivity contribution in [2.75, 3.05) is 23.7 Å². The fraction of sp³-hybridized carbons (Fsp3) is 0.391. The highest BCUT2D eigenvalue weighted by Crippen LogP contribution is 2.26. The molecule has 0 unspecified atom stereocenters. The Hall–Kier alpha value is -2.58. The van der Waals surface area contributed by atoms with Crippen LogP contribution in [-0.2, 0) is 26.2 Å². The van der Waals surface area contributed by atoms with Crippen molar-refractivity contribution in [2.45, 2.75) is 40.3 Å². The van der Waals surface area contributed by atoms with Crippen molar-refractivity contribution in [3.63, 3.8) is 0 Å². The van der Waals surface area contributed by atoms with Crippen molar-refractivity contribution in [1.82, 2.24) is 10.2 Å². The zero-order chi connectivity index (χ0) is 24.1. The minimum absolute atomic E-state index is 0.175. The average Bonchev–Trinajstić information content (AvgIpc) is 2.71. The normalized spacial score (nSPS) is 12.2. The van der Waals surface area contributed by atoms with Crippen molar-refractivity contribution < 1.29 is 18.0 Å². The van der Waals surface area contributed by atoms with Crippen molar-refractivity contribution in [2.24, 2.45) is 0 Å². The quantitative estimate of drug-likeness (QED) is 0.598. The van der Waals surface area contributed by atoms with Crippen LogP contribution in [0.3, 0.4) is 0 Å². The summed E-state index contributed by atoms with van der Waals surface area (Å²) in [5, 5.41) is 3.20. The molecule has 7 nitrogen and oxygen atoms in total. The monoisotopic (exact) mass is 479 g/mol. The molecule has 0 aromatic heterocycles. The third-order valence-corrected chi connectivity index (χ3v) is 6.46. The standard InChI is InChI=1S/C23H30ClN3O4S/c1-6-25-23(29)18(4)26(14-19-9-7-16(2)8-10-19)22(28)15-27(32(5,30)31)21-12-11-20(24)13-17(21)3/h7-13,18H,6,14-15H2,1-5H3,(H,25,29)/t18-/m1/s1. The second kappa shape index (κ2) is 10.8. The van der Waals surface area contributed by atoms with Crippen molar-refractivity contribution >= 4 is 39.1 Å². The highest BCUT2D eigenvalue weighted by atomic mass is 35.5. The Labute approximate surface area is 195 Å². The van der Waals surface area contributed by atoms with Crippen LogP contribution in [0, 0.1) is 13.8 Å². The van der Waals surface area contributed by atoms with E-state index in [1.54, 1.807) is 39.0 Å². The number of benzene rings is 2. The summed E-state index contributed by atoms with van der Waals surface area (Å²) in [6.45, 7) is 7.29. The van der Waals surface area contributed by atoms with Crippen molar-refractivity contribution in [1.29, 1.82) is 0 Å². The van der Waals surface area contributed by atoms with E-state index in [0.717, 1.165) is 21.7 Å². The van der Waals surface area contributed by atoms with E-state index in [1.165, 1.54) is 4.90 Å². The maximum atomic E-state index is 13.4. The first-order valence-electron chi connectivity index (χ1n) is 10.3. The van der Waals surface area contributed by atoms with Gasteiger partial charge in [-0.25, -0.2) is 8.42 Å². The molecule has 1 atom stereocenters. The van der Waals surface area contributed by atoms with Gasteiger partial charge in [-0.05, 0) is 57.0 Å². The van der Waals surface area contributed by atoms with Crippen molar-refractivity contribution in [3.8, 4) is 0 Å². The number of sulfonamides is 1. The minimum atomic E-state index is -3.77. The first-order chi connectivity index (χ1) is 14.9. The number of anilines is 1. The molecule has 0 aliphatic rings. The Kier molecular flexibility index (Phi) is 8.69. The molecule has 32 heavy (non-hydrogen) atoms. The Balaban J connectivity index is 2.40. The molecule has 0 spiro atoms. The molecule has 0 heterocycles. The molecule has 2 rings (SSSR count). The highest BCUT2D eigenvalue weighted by Gasteiger charge is 2.30. The number of hydrogen-bond donors (Lipinski definition) is 1. The lowest BCUT2D eigenvalue weighted by atomic mass is 10.1. The van der Waals surface area contributed by atoms with Gasteiger partial charge in [0.15, 0.2) is 0 Å². The first-order valence-corrected chi connectivity index (χ1v) is 12.5. The molecular formula is C23H30ClN3O4S. The second-order valence-corrected chi connectivity index (χ2v) is 10.1.